The molecule has 1 aromatic carbocycles. The highest BCUT2D eigenvalue weighted by atomic mass is 19.1. The topological polar surface area (TPSA) is 12.0 Å². The predicted molar refractivity (Wildman–Crippen MR) is 60.6 cm³/mol. The molecule has 1 fully saturated rings. The van der Waals surface area contributed by atoms with Crippen LogP contribution in [0.2, 0.25) is 0 Å². The normalized spacial score (nSPS) is 15.7. The van der Waals surface area contributed by atoms with Gasteiger partial charge in [-0.1, -0.05) is 6.07 Å². The summed E-state index contributed by atoms with van der Waals surface area (Å²) in [6.07, 6.45) is 3.37. The lowest BCUT2D eigenvalue weighted by Crippen LogP contribution is -2.20. The SMILES string of the molecule is Cc1cc(C)c(CCNC2CC2)c(F)c1. The predicted octanol–water partition coefficient (Wildman–Crippen LogP) is 2.74. The summed E-state index contributed by atoms with van der Waals surface area (Å²) in [6.45, 7) is 4.82. The lowest BCUT2D eigenvalue weighted by Gasteiger charge is -2.09. The molecule has 1 aromatic rings. The van der Waals surface area contributed by atoms with Crippen molar-refractivity contribution >= 4 is 0 Å². The largest absolute Gasteiger partial charge is 0.314 e. The van der Waals surface area contributed by atoms with Crippen LogP contribution in [0.3, 0.4) is 0 Å². The van der Waals surface area contributed by atoms with Gasteiger partial charge in [0.2, 0.25) is 0 Å². The molecule has 0 heterocycles. The van der Waals surface area contributed by atoms with Crippen molar-refractivity contribution in [2.75, 3.05) is 6.54 Å². The summed E-state index contributed by atoms with van der Waals surface area (Å²) in [5.41, 5.74) is 2.95. The average molecular weight is 207 g/mol. The third kappa shape index (κ3) is 2.78. The van der Waals surface area contributed by atoms with Crippen molar-refractivity contribution in [1.29, 1.82) is 0 Å². The first-order chi connectivity index (χ1) is 7.16. The molecule has 0 unspecified atom stereocenters. The highest BCUT2D eigenvalue weighted by Gasteiger charge is 2.20. The molecular formula is C13H18FN. The van der Waals surface area contributed by atoms with E-state index in [0.717, 1.165) is 29.7 Å². The van der Waals surface area contributed by atoms with Crippen molar-refractivity contribution in [2.45, 2.75) is 39.2 Å². The molecule has 82 valence electrons. The summed E-state index contributed by atoms with van der Waals surface area (Å²) in [5, 5.41) is 3.41. The van der Waals surface area contributed by atoms with Crippen LogP contribution in [0.15, 0.2) is 12.1 Å². The first-order valence-corrected chi connectivity index (χ1v) is 5.66. The van der Waals surface area contributed by atoms with Crippen LogP contribution < -0.4 is 5.32 Å². The second-order valence-corrected chi connectivity index (χ2v) is 4.52. The summed E-state index contributed by atoms with van der Waals surface area (Å²) in [5.74, 6) is -0.0508. The molecule has 0 saturated heterocycles. The summed E-state index contributed by atoms with van der Waals surface area (Å²) in [4.78, 5) is 0. The molecule has 0 aromatic heterocycles. The van der Waals surface area contributed by atoms with E-state index >= 15 is 0 Å². The minimum absolute atomic E-state index is 0.0508. The van der Waals surface area contributed by atoms with E-state index in [-0.39, 0.29) is 5.82 Å². The third-order valence-corrected chi connectivity index (χ3v) is 2.95. The van der Waals surface area contributed by atoms with Gasteiger partial charge in [0.05, 0.1) is 0 Å². The zero-order valence-corrected chi connectivity index (χ0v) is 9.44. The lowest BCUT2D eigenvalue weighted by atomic mass is 10.0. The van der Waals surface area contributed by atoms with Crippen LogP contribution in [0.25, 0.3) is 0 Å². The number of nitrogens with one attached hydrogen (secondary N) is 1. The van der Waals surface area contributed by atoms with Gasteiger partial charge in [-0.15, -0.1) is 0 Å². The maximum atomic E-state index is 13.6. The molecule has 0 spiro atoms. The number of halogens is 1. The second-order valence-electron chi connectivity index (χ2n) is 4.52. The molecule has 15 heavy (non-hydrogen) atoms. The van der Waals surface area contributed by atoms with E-state index in [4.69, 9.17) is 0 Å². The molecule has 0 bridgehead atoms. The maximum Gasteiger partial charge on any atom is 0.126 e. The van der Waals surface area contributed by atoms with Gasteiger partial charge in [0, 0.05) is 6.04 Å². The molecule has 2 rings (SSSR count). The molecule has 0 atom stereocenters. The van der Waals surface area contributed by atoms with Gasteiger partial charge < -0.3 is 5.32 Å². The molecule has 1 saturated carbocycles. The van der Waals surface area contributed by atoms with Crippen molar-refractivity contribution in [3.05, 3.63) is 34.6 Å². The molecule has 0 aliphatic heterocycles. The Morgan fingerprint density at radius 3 is 2.67 bits per heavy atom. The minimum atomic E-state index is -0.0508. The first kappa shape index (κ1) is 10.6. The molecule has 0 amide bonds. The van der Waals surface area contributed by atoms with E-state index in [1.54, 1.807) is 6.07 Å². The molecule has 0 radical (unpaired) electrons. The Morgan fingerprint density at radius 1 is 1.33 bits per heavy atom. The minimum Gasteiger partial charge on any atom is -0.314 e. The number of hydrogen-bond donors (Lipinski definition) is 1. The van der Waals surface area contributed by atoms with Gasteiger partial charge in [-0.25, -0.2) is 4.39 Å². The van der Waals surface area contributed by atoms with Crippen LogP contribution in [0.4, 0.5) is 4.39 Å². The Balaban J connectivity index is 1.99. The van der Waals surface area contributed by atoms with Gasteiger partial charge in [-0.3, -0.25) is 0 Å². The standard InChI is InChI=1S/C13H18FN/c1-9-7-10(2)12(13(14)8-9)5-6-15-11-3-4-11/h7-8,11,15H,3-6H2,1-2H3. The van der Waals surface area contributed by atoms with Crippen LogP contribution >= 0.6 is 0 Å². The molecular weight excluding hydrogens is 189 g/mol. The average Bonchev–Trinajstić information content (AvgIpc) is 2.93. The Kier molecular flexibility index (Phi) is 3.06. The van der Waals surface area contributed by atoms with Crippen molar-refractivity contribution in [1.82, 2.24) is 5.32 Å². The highest BCUT2D eigenvalue weighted by molar-refractivity contribution is 5.32. The van der Waals surface area contributed by atoms with Crippen molar-refractivity contribution in [2.24, 2.45) is 0 Å². The van der Waals surface area contributed by atoms with Gasteiger partial charge in [-0.2, -0.15) is 0 Å². The van der Waals surface area contributed by atoms with E-state index in [2.05, 4.69) is 11.4 Å². The number of benzene rings is 1. The summed E-state index contributed by atoms with van der Waals surface area (Å²) < 4.78 is 13.6. The molecule has 1 aliphatic carbocycles. The van der Waals surface area contributed by atoms with E-state index in [1.807, 2.05) is 13.8 Å². The fourth-order valence-corrected chi connectivity index (χ4v) is 1.95. The van der Waals surface area contributed by atoms with Crippen LogP contribution in [-0.2, 0) is 6.42 Å². The number of aryl methyl sites for hydroxylation is 2. The molecule has 1 aliphatic rings. The lowest BCUT2D eigenvalue weighted by molar-refractivity contribution is 0.593. The van der Waals surface area contributed by atoms with Gasteiger partial charge in [0.15, 0.2) is 0 Å². The van der Waals surface area contributed by atoms with E-state index in [9.17, 15) is 4.39 Å². The van der Waals surface area contributed by atoms with Gasteiger partial charge in [-0.05, 0) is 62.4 Å². The van der Waals surface area contributed by atoms with Crippen LogP contribution in [0, 0.1) is 19.7 Å². The fourth-order valence-electron chi connectivity index (χ4n) is 1.95. The second kappa shape index (κ2) is 4.31. The van der Waals surface area contributed by atoms with Crippen molar-refractivity contribution in [3.8, 4) is 0 Å². The van der Waals surface area contributed by atoms with E-state index < -0.39 is 0 Å². The third-order valence-electron chi connectivity index (χ3n) is 2.95. The van der Waals surface area contributed by atoms with Crippen molar-refractivity contribution in [3.63, 3.8) is 0 Å². The Morgan fingerprint density at radius 2 is 2.07 bits per heavy atom. The van der Waals surface area contributed by atoms with Gasteiger partial charge in [0.25, 0.3) is 0 Å². The summed E-state index contributed by atoms with van der Waals surface area (Å²) in [7, 11) is 0. The summed E-state index contributed by atoms with van der Waals surface area (Å²) in [6, 6.07) is 4.38. The molecule has 1 N–H and O–H groups in total. The quantitative estimate of drug-likeness (QED) is 0.800. The zero-order chi connectivity index (χ0) is 10.8. The van der Waals surface area contributed by atoms with Crippen LogP contribution in [-0.4, -0.2) is 12.6 Å². The Bertz CT molecular complexity index is 333. The van der Waals surface area contributed by atoms with Crippen LogP contribution in [0.1, 0.15) is 29.5 Å². The molecule has 1 nitrogen and oxygen atoms in total. The zero-order valence-electron chi connectivity index (χ0n) is 9.44. The fraction of sp³-hybridized carbons (Fsp3) is 0.538. The number of rotatable bonds is 4. The smallest absolute Gasteiger partial charge is 0.126 e. The Labute approximate surface area is 90.7 Å². The van der Waals surface area contributed by atoms with Gasteiger partial charge in [0.1, 0.15) is 5.82 Å². The highest BCUT2D eigenvalue weighted by Crippen LogP contribution is 2.19. The van der Waals surface area contributed by atoms with Gasteiger partial charge >= 0.3 is 0 Å². The van der Waals surface area contributed by atoms with Crippen molar-refractivity contribution < 1.29 is 4.39 Å². The summed E-state index contributed by atoms with van der Waals surface area (Å²) >= 11 is 0. The Hall–Kier alpha value is -0.890. The molecule has 2 heteroatoms. The number of hydrogen-bond acceptors (Lipinski definition) is 1. The first-order valence-electron chi connectivity index (χ1n) is 5.66. The van der Waals surface area contributed by atoms with E-state index in [0.29, 0.717) is 6.04 Å². The monoisotopic (exact) mass is 207 g/mol. The maximum absolute atomic E-state index is 13.6. The van der Waals surface area contributed by atoms with Crippen LogP contribution in [0.5, 0.6) is 0 Å². The van der Waals surface area contributed by atoms with E-state index in [1.165, 1.54) is 12.8 Å².